The minimum atomic E-state index is -8.72. The molecule has 0 spiro atoms. The van der Waals surface area contributed by atoms with Gasteiger partial charge in [0, 0.05) is 13.3 Å². The molecule has 0 aromatic heterocycles. The van der Waals surface area contributed by atoms with E-state index in [1.165, 1.54) is 0 Å². The molecule has 1 atom stereocenters. The Balaban J connectivity index is 3.51. The Labute approximate surface area is 199 Å². The van der Waals surface area contributed by atoms with Gasteiger partial charge in [-0.05, 0) is 17.7 Å². The summed E-state index contributed by atoms with van der Waals surface area (Å²) in [6.45, 7) is 0.796. The van der Waals surface area contributed by atoms with Gasteiger partial charge in [0.25, 0.3) is 0 Å². The van der Waals surface area contributed by atoms with E-state index < -0.39 is 77.4 Å². The maximum Gasteiger partial charge on any atom is 0.460 e. The smallest absolute Gasteiger partial charge is 0.427 e. The van der Waals surface area contributed by atoms with Crippen LogP contribution in [0.4, 0.5) is 74.6 Å². The number of carbonyl (C=O) groups is 1. The Morgan fingerprint density at radius 2 is 1.11 bits per heavy atom. The number of hydrogen-bond donors (Lipinski definition) is 1. The normalized spacial score (nSPS) is 15.9. The fourth-order valence-electron chi connectivity index (χ4n) is 2.64. The summed E-state index contributed by atoms with van der Waals surface area (Å²) in [5.41, 5.74) is -0.962. The highest BCUT2D eigenvalue weighted by atomic mass is 19.4. The van der Waals surface area contributed by atoms with E-state index in [1.807, 2.05) is 0 Å². The number of aliphatic hydroxyl groups is 1. The van der Waals surface area contributed by atoms with Crippen molar-refractivity contribution in [2.45, 2.75) is 67.1 Å². The lowest BCUT2D eigenvalue weighted by atomic mass is 9.87. The third-order valence-electron chi connectivity index (χ3n) is 4.74. The number of halogens is 17. The van der Waals surface area contributed by atoms with Gasteiger partial charge in [-0.2, -0.15) is 74.6 Å². The van der Waals surface area contributed by atoms with Crippen LogP contribution in [0, 0.1) is 0 Å². The van der Waals surface area contributed by atoms with Gasteiger partial charge in [0.2, 0.25) is 0 Å². The van der Waals surface area contributed by atoms with Crippen LogP contribution in [0.15, 0.2) is 24.3 Å². The Morgan fingerprint density at radius 1 is 0.711 bits per heavy atom. The first-order valence-corrected chi connectivity index (χ1v) is 9.21. The molecule has 0 aliphatic rings. The predicted molar refractivity (Wildman–Crippen MR) is 88.0 cm³/mol. The number of ether oxygens (including phenoxy) is 1. The topological polar surface area (TPSA) is 46.5 Å². The number of aliphatic hydroxyl groups excluding tert-OH is 1. The van der Waals surface area contributed by atoms with Crippen LogP contribution in [0.3, 0.4) is 0 Å². The van der Waals surface area contributed by atoms with Crippen molar-refractivity contribution in [3.63, 3.8) is 0 Å². The Morgan fingerprint density at radius 3 is 1.50 bits per heavy atom. The van der Waals surface area contributed by atoms with Crippen LogP contribution in [-0.4, -0.2) is 58.7 Å². The first-order chi connectivity index (χ1) is 16.5. The van der Waals surface area contributed by atoms with Crippen LogP contribution < -0.4 is 4.74 Å². The summed E-state index contributed by atoms with van der Waals surface area (Å²) in [5.74, 6) is -59.0. The molecule has 0 saturated heterocycles. The molecule has 20 heteroatoms. The standard InChI is InChI=1S/C18H11F17O3/c1-7(36)38-9-4-2-3-8(5-9)10(37)6-11(19,20)12(21,22)13(23,24)14(25,26)15(27,28)16(29,30)17(31,32)18(33,34)35/h2-5,10,37H,6H2,1H3. The highest BCUT2D eigenvalue weighted by molar-refractivity contribution is 5.69. The monoisotopic (exact) mass is 598 g/mol. The zero-order valence-corrected chi connectivity index (χ0v) is 17.8. The van der Waals surface area contributed by atoms with Gasteiger partial charge in [-0.25, -0.2) is 0 Å². The van der Waals surface area contributed by atoms with Gasteiger partial charge in [0.15, 0.2) is 0 Å². The van der Waals surface area contributed by atoms with Gasteiger partial charge in [-0.3, -0.25) is 4.79 Å². The average molecular weight is 598 g/mol. The fraction of sp³-hybridized carbons (Fsp3) is 0.611. The number of esters is 1. The summed E-state index contributed by atoms with van der Waals surface area (Å²) in [6.07, 6.45) is -14.0. The van der Waals surface area contributed by atoms with Crippen LogP contribution >= 0.6 is 0 Å². The molecule has 0 heterocycles. The number of hydrogen-bond acceptors (Lipinski definition) is 3. The fourth-order valence-corrected chi connectivity index (χ4v) is 2.64. The first-order valence-electron chi connectivity index (χ1n) is 9.21. The van der Waals surface area contributed by atoms with Crippen molar-refractivity contribution in [1.29, 1.82) is 0 Å². The number of carbonyl (C=O) groups excluding carboxylic acids is 1. The number of alkyl halides is 17. The molecule has 1 aromatic carbocycles. The second-order valence-electron chi connectivity index (χ2n) is 7.53. The van der Waals surface area contributed by atoms with Gasteiger partial charge >= 0.3 is 53.6 Å². The molecule has 0 aliphatic carbocycles. The average Bonchev–Trinajstić information content (AvgIpc) is 2.71. The van der Waals surface area contributed by atoms with Crippen LogP contribution in [-0.2, 0) is 4.79 Å². The predicted octanol–water partition coefficient (Wildman–Crippen LogP) is 7.04. The maximum atomic E-state index is 14.0. The third-order valence-corrected chi connectivity index (χ3v) is 4.74. The van der Waals surface area contributed by atoms with Crippen molar-refractivity contribution >= 4 is 5.97 Å². The zero-order valence-electron chi connectivity index (χ0n) is 17.8. The molecule has 0 amide bonds. The van der Waals surface area contributed by atoms with E-state index in [9.17, 15) is 84.5 Å². The second kappa shape index (κ2) is 9.58. The molecule has 220 valence electrons. The van der Waals surface area contributed by atoms with Crippen molar-refractivity contribution in [2.75, 3.05) is 0 Å². The van der Waals surface area contributed by atoms with Crippen LogP contribution in [0.2, 0.25) is 0 Å². The zero-order chi connectivity index (χ0) is 30.6. The lowest BCUT2D eigenvalue weighted by molar-refractivity contribution is -0.462. The summed E-state index contributed by atoms with van der Waals surface area (Å²) >= 11 is 0. The second-order valence-corrected chi connectivity index (χ2v) is 7.53. The van der Waals surface area contributed by atoms with E-state index in [-0.39, 0.29) is 0 Å². The molecule has 0 fully saturated rings. The Bertz CT molecular complexity index is 1020. The van der Waals surface area contributed by atoms with E-state index in [2.05, 4.69) is 4.74 Å². The molecular weight excluding hydrogens is 587 g/mol. The molecular formula is C18H11F17O3. The molecule has 1 rings (SSSR count). The molecule has 1 unspecified atom stereocenters. The van der Waals surface area contributed by atoms with Crippen molar-refractivity contribution in [3.8, 4) is 5.75 Å². The van der Waals surface area contributed by atoms with Gasteiger partial charge in [-0.1, -0.05) is 12.1 Å². The maximum absolute atomic E-state index is 14.0. The summed E-state index contributed by atoms with van der Waals surface area (Å²) in [4.78, 5) is 10.8. The van der Waals surface area contributed by atoms with Gasteiger partial charge in [-0.15, -0.1) is 0 Å². The van der Waals surface area contributed by atoms with Gasteiger partial charge in [0.1, 0.15) is 5.75 Å². The van der Waals surface area contributed by atoms with E-state index in [4.69, 9.17) is 0 Å². The van der Waals surface area contributed by atoms with Crippen LogP contribution in [0.5, 0.6) is 5.75 Å². The highest BCUT2D eigenvalue weighted by Crippen LogP contribution is 2.64. The molecule has 1 N–H and O–H groups in total. The summed E-state index contributed by atoms with van der Waals surface area (Å²) in [7, 11) is 0. The largest absolute Gasteiger partial charge is 0.460 e. The quantitative estimate of drug-likeness (QED) is 0.179. The molecule has 0 radical (unpaired) electrons. The Hall–Kier alpha value is -2.54. The molecule has 1 aromatic rings. The molecule has 0 aliphatic heterocycles. The van der Waals surface area contributed by atoms with E-state index >= 15 is 0 Å². The number of rotatable bonds is 10. The van der Waals surface area contributed by atoms with Crippen molar-refractivity contribution < 1.29 is 89.3 Å². The van der Waals surface area contributed by atoms with Crippen molar-refractivity contribution in [1.82, 2.24) is 0 Å². The van der Waals surface area contributed by atoms with Crippen LogP contribution in [0.25, 0.3) is 0 Å². The lowest BCUT2D eigenvalue weighted by Crippen LogP contribution is -2.74. The van der Waals surface area contributed by atoms with Gasteiger partial charge in [0.05, 0.1) is 6.10 Å². The molecule has 0 saturated carbocycles. The van der Waals surface area contributed by atoms with Crippen molar-refractivity contribution in [2.24, 2.45) is 0 Å². The van der Waals surface area contributed by atoms with Crippen molar-refractivity contribution in [3.05, 3.63) is 29.8 Å². The third kappa shape index (κ3) is 5.06. The van der Waals surface area contributed by atoms with Crippen LogP contribution in [0.1, 0.15) is 25.0 Å². The molecule has 3 nitrogen and oxygen atoms in total. The van der Waals surface area contributed by atoms with E-state index in [0.29, 0.717) is 12.1 Å². The Kier molecular flexibility index (Phi) is 8.44. The minimum Gasteiger partial charge on any atom is -0.427 e. The van der Waals surface area contributed by atoms with Gasteiger partial charge < -0.3 is 9.84 Å². The SMILES string of the molecule is CC(=O)Oc1cccc(C(O)CC(F)(F)C(F)(F)C(F)(F)C(F)(F)C(F)(F)C(F)(F)C(F)(F)C(F)(F)F)c1. The number of benzene rings is 1. The lowest BCUT2D eigenvalue weighted by Gasteiger charge is -2.43. The summed E-state index contributed by atoms with van der Waals surface area (Å²) in [6, 6.07) is 2.74. The summed E-state index contributed by atoms with van der Waals surface area (Å²) < 4.78 is 230. The summed E-state index contributed by atoms with van der Waals surface area (Å²) in [5, 5.41) is 9.65. The molecule has 38 heavy (non-hydrogen) atoms. The van der Waals surface area contributed by atoms with E-state index in [0.717, 1.165) is 19.1 Å². The molecule has 0 bridgehead atoms. The highest BCUT2D eigenvalue weighted by Gasteiger charge is 2.95. The first kappa shape index (κ1) is 33.5. The van der Waals surface area contributed by atoms with E-state index in [1.54, 1.807) is 0 Å². The minimum absolute atomic E-state index is 0.459.